The summed E-state index contributed by atoms with van der Waals surface area (Å²) >= 11 is 0. The maximum Gasteiger partial charge on any atom is 0.302 e. The molecule has 314 valence electrons. The summed E-state index contributed by atoms with van der Waals surface area (Å²) in [6, 6.07) is 7.02. The van der Waals surface area contributed by atoms with E-state index in [0.29, 0.717) is 0 Å². The quantitative estimate of drug-likeness (QED) is 0.0813. The molecule has 1 aromatic heterocycles. The molecular formula is C35H42O22. The second-order valence-electron chi connectivity index (χ2n) is 13.5. The highest BCUT2D eigenvalue weighted by molar-refractivity contribution is 5.88. The van der Waals surface area contributed by atoms with Gasteiger partial charge in [0.1, 0.15) is 102 Å². The molecule has 0 radical (unpaired) electrons. The van der Waals surface area contributed by atoms with Crippen molar-refractivity contribution in [2.24, 2.45) is 0 Å². The lowest BCUT2D eigenvalue weighted by molar-refractivity contribution is -0.358. The summed E-state index contributed by atoms with van der Waals surface area (Å²) in [7, 11) is 0. The summed E-state index contributed by atoms with van der Waals surface area (Å²) < 4.78 is 45.0. The molecule has 3 aliphatic heterocycles. The average Bonchev–Trinajstić information content (AvgIpc) is 3.18. The maximum atomic E-state index is 14.3. The Balaban J connectivity index is 1.42. The highest BCUT2D eigenvalue weighted by Gasteiger charge is 2.52. The van der Waals surface area contributed by atoms with Crippen molar-refractivity contribution < 1.29 is 104 Å². The molecule has 22 heteroatoms. The van der Waals surface area contributed by atoms with Gasteiger partial charge < -0.3 is 98.9 Å². The van der Waals surface area contributed by atoms with Crippen LogP contribution in [0.2, 0.25) is 0 Å². The molecule has 4 heterocycles. The number of carbonyl (C=O) groups is 1. The van der Waals surface area contributed by atoms with E-state index >= 15 is 0 Å². The molecule has 12 N–H and O–H groups in total. The van der Waals surface area contributed by atoms with Gasteiger partial charge in [-0.1, -0.05) is 0 Å². The lowest BCUT2D eigenvalue weighted by Gasteiger charge is -2.45. The number of esters is 1. The van der Waals surface area contributed by atoms with E-state index in [1.54, 1.807) is 0 Å². The molecular weight excluding hydrogens is 772 g/mol. The van der Waals surface area contributed by atoms with Gasteiger partial charge in [-0.15, -0.1) is 0 Å². The molecule has 0 aliphatic carbocycles. The highest BCUT2D eigenvalue weighted by Crippen LogP contribution is 2.39. The number of aromatic hydroxyl groups is 2. The fourth-order valence-corrected chi connectivity index (χ4v) is 6.47. The third kappa shape index (κ3) is 8.50. The largest absolute Gasteiger partial charge is 0.508 e. The van der Waals surface area contributed by atoms with E-state index in [4.69, 9.17) is 37.6 Å². The molecule has 6 rings (SSSR count). The van der Waals surface area contributed by atoms with Crippen molar-refractivity contribution in [2.75, 3.05) is 19.8 Å². The van der Waals surface area contributed by atoms with Gasteiger partial charge in [-0.2, -0.15) is 0 Å². The Morgan fingerprint density at radius 3 is 1.84 bits per heavy atom. The number of aliphatic hydroxyl groups is 10. The van der Waals surface area contributed by atoms with Crippen LogP contribution in [0.5, 0.6) is 23.0 Å². The standard InChI is InChI=1S/C35H42O22/c1-11(38)50-10-19-23(43)27(47)32(57-34-29(49)26(46)22(42)18(9-37)54-34)35(55-19)56-31-24(44)20-15(40)6-14(51-33-28(48)25(45)21(41)17(8-36)53-33)7-16(20)52-30(31)12-2-4-13(39)5-3-12/h2-7,17-19,21-23,25-29,32-37,39-43,45-49H,8-10H2,1H3/t17-,18+,19+,21-,22-,23+,25+,26+,27+,28+,29+,32-,33-,34+,35+/m1/s1. The second-order valence-corrected chi connectivity index (χ2v) is 13.5. The minimum Gasteiger partial charge on any atom is -0.508 e. The van der Waals surface area contributed by atoms with E-state index in [1.165, 1.54) is 24.3 Å². The van der Waals surface area contributed by atoms with Gasteiger partial charge in [-0.25, -0.2) is 0 Å². The number of hydrogen-bond acceptors (Lipinski definition) is 22. The molecule has 3 aliphatic rings. The van der Waals surface area contributed by atoms with Crippen molar-refractivity contribution in [1.29, 1.82) is 0 Å². The predicted octanol–water partition coefficient (Wildman–Crippen LogP) is -4.38. The number of phenolic OH excluding ortho intramolecular Hbond substituents is 2. The molecule has 22 nitrogen and oxygen atoms in total. The topological polar surface area (TPSA) is 355 Å². The molecule has 3 aromatic rings. The zero-order valence-electron chi connectivity index (χ0n) is 29.7. The first-order chi connectivity index (χ1) is 27.0. The summed E-state index contributed by atoms with van der Waals surface area (Å²) in [4.78, 5) is 26.0. The summed E-state index contributed by atoms with van der Waals surface area (Å²) in [6.45, 7) is -1.22. The van der Waals surface area contributed by atoms with Gasteiger partial charge in [-0.05, 0) is 24.3 Å². The lowest BCUT2D eigenvalue weighted by atomic mass is 9.97. The zero-order valence-corrected chi connectivity index (χ0v) is 29.7. The third-order valence-corrected chi connectivity index (χ3v) is 9.61. The van der Waals surface area contributed by atoms with Crippen molar-refractivity contribution in [2.45, 2.75) is 99.0 Å². The molecule has 0 spiro atoms. The number of phenols is 2. The molecule has 3 fully saturated rings. The Morgan fingerprint density at radius 1 is 0.684 bits per heavy atom. The number of ether oxygens (including phenoxy) is 7. The Kier molecular flexibility index (Phi) is 12.9. The predicted molar refractivity (Wildman–Crippen MR) is 182 cm³/mol. The fourth-order valence-electron chi connectivity index (χ4n) is 6.47. The van der Waals surface area contributed by atoms with Gasteiger partial charge in [0.05, 0.1) is 13.2 Å². The molecule has 2 aromatic carbocycles. The summed E-state index contributed by atoms with van der Waals surface area (Å²) in [5, 5.41) is 124. The fraction of sp³-hybridized carbons (Fsp3) is 0.543. The van der Waals surface area contributed by atoms with Gasteiger partial charge in [0.25, 0.3) is 0 Å². The van der Waals surface area contributed by atoms with Crippen LogP contribution < -0.4 is 14.9 Å². The maximum absolute atomic E-state index is 14.3. The van der Waals surface area contributed by atoms with Gasteiger partial charge in [0.2, 0.25) is 23.8 Å². The molecule has 0 bridgehead atoms. The van der Waals surface area contributed by atoms with Crippen molar-refractivity contribution in [3.8, 4) is 34.3 Å². The third-order valence-electron chi connectivity index (χ3n) is 9.61. The molecule has 15 atom stereocenters. The van der Waals surface area contributed by atoms with Gasteiger partial charge in [0, 0.05) is 24.6 Å². The minimum atomic E-state index is -2.04. The molecule has 57 heavy (non-hydrogen) atoms. The van der Waals surface area contributed by atoms with E-state index in [9.17, 15) is 70.9 Å². The van der Waals surface area contributed by atoms with Crippen LogP contribution in [0.15, 0.2) is 45.6 Å². The van der Waals surface area contributed by atoms with Crippen LogP contribution in [0, 0.1) is 0 Å². The number of carbonyl (C=O) groups excluding carboxylic acids is 1. The van der Waals surface area contributed by atoms with E-state index < -0.39 is 146 Å². The lowest BCUT2D eigenvalue weighted by Crippen LogP contribution is -2.65. The first-order valence-corrected chi connectivity index (χ1v) is 17.4. The first-order valence-electron chi connectivity index (χ1n) is 17.4. The zero-order chi connectivity index (χ0) is 41.5. The van der Waals surface area contributed by atoms with Gasteiger partial charge in [-0.3, -0.25) is 9.59 Å². The summed E-state index contributed by atoms with van der Waals surface area (Å²) in [5.74, 6) is -3.26. The number of aliphatic hydroxyl groups excluding tert-OH is 10. The van der Waals surface area contributed by atoms with Crippen LogP contribution in [0.4, 0.5) is 0 Å². The number of rotatable bonds is 11. The molecule has 3 saturated heterocycles. The first kappa shape index (κ1) is 42.4. The van der Waals surface area contributed by atoms with Crippen LogP contribution in [-0.4, -0.2) is 179 Å². The minimum absolute atomic E-state index is 0.0563. The van der Waals surface area contributed by atoms with Crippen LogP contribution in [0.3, 0.4) is 0 Å². The highest BCUT2D eigenvalue weighted by atomic mass is 16.8. The number of fused-ring (bicyclic) bond motifs is 1. The van der Waals surface area contributed by atoms with Crippen LogP contribution in [0.25, 0.3) is 22.3 Å². The van der Waals surface area contributed by atoms with Crippen molar-refractivity contribution >= 4 is 16.9 Å². The smallest absolute Gasteiger partial charge is 0.302 e. The normalized spacial score (nSPS) is 35.8. The summed E-state index contributed by atoms with van der Waals surface area (Å²) in [5.41, 5.74) is -1.43. The van der Waals surface area contributed by atoms with Crippen LogP contribution >= 0.6 is 0 Å². The second kappa shape index (κ2) is 17.3. The summed E-state index contributed by atoms with van der Waals surface area (Å²) in [6.07, 6.45) is -27.0. The van der Waals surface area contributed by atoms with Crippen molar-refractivity contribution in [3.05, 3.63) is 46.6 Å². The van der Waals surface area contributed by atoms with E-state index in [1.807, 2.05) is 0 Å². The van der Waals surface area contributed by atoms with Crippen LogP contribution in [0.1, 0.15) is 6.92 Å². The molecule has 0 saturated carbocycles. The van der Waals surface area contributed by atoms with E-state index in [-0.39, 0.29) is 22.6 Å². The van der Waals surface area contributed by atoms with Gasteiger partial charge >= 0.3 is 5.97 Å². The number of hydrogen-bond donors (Lipinski definition) is 12. The Hall–Kier alpha value is -4.24. The average molecular weight is 815 g/mol. The van der Waals surface area contributed by atoms with E-state index in [2.05, 4.69) is 0 Å². The van der Waals surface area contributed by atoms with E-state index in [0.717, 1.165) is 19.1 Å². The molecule has 0 unspecified atom stereocenters. The van der Waals surface area contributed by atoms with Crippen LogP contribution in [-0.2, 0) is 28.5 Å². The molecule has 0 amide bonds. The van der Waals surface area contributed by atoms with Crippen molar-refractivity contribution in [3.63, 3.8) is 0 Å². The number of benzene rings is 2. The Labute approximate surface area is 320 Å². The van der Waals surface area contributed by atoms with Gasteiger partial charge in [0.15, 0.2) is 18.2 Å². The Morgan fingerprint density at radius 2 is 1.25 bits per heavy atom. The SMILES string of the molecule is CC(=O)OC[C@@H]1O[C@@H](Oc2c(-c3ccc(O)cc3)oc3cc(O[C@@H]4O[C@H](CO)[C@@H](O)[C@H](O)[C@@H]4O)cc(O)c3c2=O)[C@H](O[C@@H]2O[C@@H](CO)[C@@H](O)[C@H](O)[C@@H]2O)[C@@H](O)[C@H]1O. The Bertz CT molecular complexity index is 1920. The van der Waals surface area contributed by atoms with Crippen molar-refractivity contribution in [1.82, 2.24) is 0 Å². The monoisotopic (exact) mass is 814 g/mol.